The van der Waals surface area contributed by atoms with Crippen LogP contribution in [0.5, 0.6) is 0 Å². The van der Waals surface area contributed by atoms with Gasteiger partial charge in [0.25, 0.3) is 11.5 Å². The van der Waals surface area contributed by atoms with Crippen LogP contribution in [0, 0.1) is 4.77 Å². The maximum absolute atomic E-state index is 12.8. The number of amides is 1. The van der Waals surface area contributed by atoms with Gasteiger partial charge in [-0.05, 0) is 60.7 Å². The van der Waals surface area contributed by atoms with Gasteiger partial charge in [0.15, 0.2) is 10.5 Å². The number of hydrogen-bond acceptors (Lipinski definition) is 4. The molecule has 4 aromatic rings. The number of para-hydroxylation sites is 1. The fraction of sp³-hybridized carbons (Fsp3) is 0. The van der Waals surface area contributed by atoms with Gasteiger partial charge in [-0.25, -0.2) is 0 Å². The van der Waals surface area contributed by atoms with E-state index >= 15 is 0 Å². The first-order chi connectivity index (χ1) is 12.6. The lowest BCUT2D eigenvalue weighted by Crippen LogP contribution is -2.20. The second-order valence-electron chi connectivity index (χ2n) is 5.59. The van der Waals surface area contributed by atoms with Crippen LogP contribution in [0.2, 0.25) is 0 Å². The summed E-state index contributed by atoms with van der Waals surface area (Å²) in [6.07, 6.45) is 1.44. The zero-order chi connectivity index (χ0) is 18.1. The molecule has 0 saturated heterocycles. The first kappa shape index (κ1) is 16.0. The highest BCUT2D eigenvalue weighted by Gasteiger charge is 2.10. The molecule has 0 saturated carbocycles. The molecule has 7 heteroatoms. The molecule has 1 amide bonds. The molecule has 6 nitrogen and oxygen atoms in total. The maximum Gasteiger partial charge on any atom is 0.291 e. The molecule has 0 radical (unpaired) electrons. The fourth-order valence-corrected chi connectivity index (χ4v) is 2.99. The lowest BCUT2D eigenvalue weighted by atomic mass is 10.2. The largest absolute Gasteiger partial charge is 0.459 e. The normalized spacial score (nSPS) is 10.8. The first-order valence-electron chi connectivity index (χ1n) is 7.83. The standard InChI is InChI=1S/C19H13N3O3S/c23-17(16-6-3-11-25-16)20-12-7-9-13(10-8-12)22-18(24)14-4-1-2-5-15(14)21-19(22)26/h1-11H,(H,20,23)(H,21,26). The van der Waals surface area contributed by atoms with Crippen LogP contribution in [0.25, 0.3) is 16.6 Å². The molecule has 2 N–H and O–H groups in total. The average molecular weight is 363 g/mol. The molecular formula is C19H13N3O3S. The number of aromatic amines is 1. The third-order valence-electron chi connectivity index (χ3n) is 3.93. The Morgan fingerprint density at radius 1 is 1.04 bits per heavy atom. The van der Waals surface area contributed by atoms with Crippen LogP contribution < -0.4 is 10.9 Å². The van der Waals surface area contributed by atoms with Gasteiger partial charge in [0, 0.05) is 5.69 Å². The number of hydrogen-bond donors (Lipinski definition) is 2. The van der Waals surface area contributed by atoms with E-state index in [1.807, 2.05) is 12.1 Å². The van der Waals surface area contributed by atoms with Gasteiger partial charge in [-0.3, -0.25) is 14.2 Å². The third kappa shape index (κ3) is 2.84. The number of carbonyl (C=O) groups excluding carboxylic acids is 1. The van der Waals surface area contributed by atoms with Crippen LogP contribution in [-0.2, 0) is 0 Å². The highest BCUT2D eigenvalue weighted by Crippen LogP contribution is 2.15. The van der Waals surface area contributed by atoms with Crippen molar-refractivity contribution in [3.05, 3.63) is 87.8 Å². The van der Waals surface area contributed by atoms with Crippen molar-refractivity contribution in [2.45, 2.75) is 0 Å². The van der Waals surface area contributed by atoms with Gasteiger partial charge in [-0.1, -0.05) is 12.1 Å². The van der Waals surface area contributed by atoms with Gasteiger partial charge in [-0.15, -0.1) is 0 Å². The Morgan fingerprint density at radius 2 is 1.81 bits per heavy atom. The second-order valence-corrected chi connectivity index (χ2v) is 5.98. The molecule has 0 aliphatic rings. The number of nitrogens with zero attached hydrogens (tertiary/aromatic N) is 1. The molecule has 0 unspecified atom stereocenters. The van der Waals surface area contributed by atoms with E-state index in [-0.39, 0.29) is 17.2 Å². The molecule has 0 atom stereocenters. The lowest BCUT2D eigenvalue weighted by Gasteiger charge is -2.09. The molecule has 2 aromatic heterocycles. The Balaban J connectivity index is 1.69. The van der Waals surface area contributed by atoms with Gasteiger partial charge >= 0.3 is 0 Å². The van der Waals surface area contributed by atoms with Crippen LogP contribution in [0.1, 0.15) is 10.6 Å². The molecule has 0 bridgehead atoms. The van der Waals surface area contributed by atoms with Crippen LogP contribution >= 0.6 is 12.2 Å². The van der Waals surface area contributed by atoms with Crippen LogP contribution in [0.4, 0.5) is 5.69 Å². The third-order valence-corrected chi connectivity index (χ3v) is 4.22. The summed E-state index contributed by atoms with van der Waals surface area (Å²) in [6, 6.07) is 17.3. The number of anilines is 1. The van der Waals surface area contributed by atoms with Crippen LogP contribution in [0.3, 0.4) is 0 Å². The molecule has 128 valence electrons. The quantitative estimate of drug-likeness (QED) is 0.541. The number of nitrogens with one attached hydrogen (secondary N) is 2. The number of rotatable bonds is 3. The van der Waals surface area contributed by atoms with Crippen molar-refractivity contribution in [2.75, 3.05) is 5.32 Å². The number of carbonyl (C=O) groups is 1. The number of benzene rings is 2. The molecule has 0 aliphatic carbocycles. The van der Waals surface area contributed by atoms with Crippen molar-refractivity contribution in [1.82, 2.24) is 9.55 Å². The predicted octanol–water partition coefficient (Wildman–Crippen LogP) is 3.89. The van der Waals surface area contributed by atoms with Crippen LogP contribution in [-0.4, -0.2) is 15.5 Å². The molecule has 0 aliphatic heterocycles. The predicted molar refractivity (Wildman–Crippen MR) is 101 cm³/mol. The number of fused-ring (bicyclic) bond motifs is 1. The summed E-state index contributed by atoms with van der Waals surface area (Å²) in [6.45, 7) is 0. The summed E-state index contributed by atoms with van der Waals surface area (Å²) >= 11 is 5.33. The van der Waals surface area contributed by atoms with Gasteiger partial charge in [0.05, 0.1) is 22.9 Å². The molecule has 26 heavy (non-hydrogen) atoms. The summed E-state index contributed by atoms with van der Waals surface area (Å²) in [4.78, 5) is 27.8. The van der Waals surface area contributed by atoms with Gasteiger partial charge in [-0.2, -0.15) is 0 Å². The van der Waals surface area contributed by atoms with E-state index in [2.05, 4.69) is 10.3 Å². The summed E-state index contributed by atoms with van der Waals surface area (Å²) in [5.74, 6) is -0.120. The first-order valence-corrected chi connectivity index (χ1v) is 8.24. The van der Waals surface area contributed by atoms with E-state index < -0.39 is 0 Å². The Kier molecular flexibility index (Phi) is 3.98. The summed E-state index contributed by atoms with van der Waals surface area (Å²) in [5, 5.41) is 3.28. The SMILES string of the molecule is O=C(Nc1ccc(-n2c(=S)[nH]c3ccccc3c2=O)cc1)c1ccco1. The van der Waals surface area contributed by atoms with Crippen LogP contribution in [0.15, 0.2) is 76.1 Å². The van der Waals surface area contributed by atoms with Gasteiger partial charge < -0.3 is 14.7 Å². The van der Waals surface area contributed by atoms with E-state index in [4.69, 9.17) is 16.6 Å². The summed E-state index contributed by atoms with van der Waals surface area (Å²) < 4.78 is 6.79. The minimum Gasteiger partial charge on any atom is -0.459 e. The van der Waals surface area contributed by atoms with Gasteiger partial charge in [0.2, 0.25) is 0 Å². The minimum absolute atomic E-state index is 0.197. The van der Waals surface area contributed by atoms with E-state index in [0.29, 0.717) is 27.0 Å². The second kappa shape index (κ2) is 6.45. The monoisotopic (exact) mass is 363 g/mol. The molecule has 0 fully saturated rings. The number of furan rings is 1. The molecule has 4 rings (SSSR count). The van der Waals surface area contributed by atoms with Crippen molar-refractivity contribution in [3.63, 3.8) is 0 Å². The minimum atomic E-state index is -0.345. The average Bonchev–Trinajstić information content (AvgIpc) is 3.18. The van der Waals surface area contributed by atoms with E-state index in [1.165, 1.54) is 10.8 Å². The van der Waals surface area contributed by atoms with E-state index in [0.717, 1.165) is 0 Å². The zero-order valence-corrected chi connectivity index (χ0v) is 14.2. The highest BCUT2D eigenvalue weighted by molar-refractivity contribution is 7.71. The van der Waals surface area contributed by atoms with Crippen molar-refractivity contribution in [1.29, 1.82) is 0 Å². The molecule has 2 heterocycles. The lowest BCUT2D eigenvalue weighted by molar-refractivity contribution is 0.0996. The fourth-order valence-electron chi connectivity index (χ4n) is 2.69. The molecule has 0 spiro atoms. The molecular weight excluding hydrogens is 350 g/mol. The smallest absolute Gasteiger partial charge is 0.291 e. The van der Waals surface area contributed by atoms with E-state index in [1.54, 1.807) is 48.5 Å². The topological polar surface area (TPSA) is 80.0 Å². The Morgan fingerprint density at radius 3 is 2.54 bits per heavy atom. The maximum atomic E-state index is 12.8. The van der Waals surface area contributed by atoms with Crippen molar-refractivity contribution in [3.8, 4) is 5.69 Å². The number of H-pyrrole nitrogens is 1. The summed E-state index contributed by atoms with van der Waals surface area (Å²) in [7, 11) is 0. The van der Waals surface area contributed by atoms with Crippen molar-refractivity contribution in [2.24, 2.45) is 0 Å². The Hall–Kier alpha value is -3.45. The van der Waals surface area contributed by atoms with E-state index in [9.17, 15) is 9.59 Å². The molecule has 2 aromatic carbocycles. The summed E-state index contributed by atoms with van der Waals surface area (Å²) in [5.41, 5.74) is 1.69. The van der Waals surface area contributed by atoms with Gasteiger partial charge in [0.1, 0.15) is 0 Å². The van der Waals surface area contributed by atoms with Crippen molar-refractivity contribution < 1.29 is 9.21 Å². The highest BCUT2D eigenvalue weighted by atomic mass is 32.1. The zero-order valence-electron chi connectivity index (χ0n) is 13.4. The van der Waals surface area contributed by atoms with Crippen molar-refractivity contribution >= 4 is 34.7 Å². The Labute approximate surface area is 152 Å². The Bertz CT molecular complexity index is 1210. The number of aromatic nitrogens is 2.